The predicted octanol–water partition coefficient (Wildman–Crippen LogP) is 5.89. The van der Waals surface area contributed by atoms with Crippen molar-refractivity contribution in [1.82, 2.24) is 0 Å². The zero-order valence-corrected chi connectivity index (χ0v) is 19.5. The summed E-state index contributed by atoms with van der Waals surface area (Å²) in [6.07, 6.45) is 9.43. The van der Waals surface area contributed by atoms with Gasteiger partial charge in [-0.05, 0) is 47.9 Å². The third-order valence-corrected chi connectivity index (χ3v) is 8.42. The van der Waals surface area contributed by atoms with Gasteiger partial charge in [-0.15, -0.1) is 0 Å². The molecule has 1 heterocycles. The molecule has 27 heavy (non-hydrogen) atoms. The minimum absolute atomic E-state index is 0.564. The van der Waals surface area contributed by atoms with Crippen molar-refractivity contribution in [2.24, 2.45) is 13.0 Å². The smallest absolute Gasteiger partial charge is 0.201 e. The van der Waals surface area contributed by atoms with Gasteiger partial charge in [-0.3, -0.25) is 0 Å². The molecule has 1 aromatic carbocycles. The molecule has 0 bridgehead atoms. The van der Waals surface area contributed by atoms with Gasteiger partial charge >= 0.3 is 0 Å². The molecule has 1 nitrogen and oxygen atoms in total. The Morgan fingerprint density at radius 2 is 1.74 bits per heavy atom. The molecule has 0 aliphatic heterocycles. The molecule has 2 heteroatoms. The minimum Gasteiger partial charge on any atom is -0.201 e. The van der Waals surface area contributed by atoms with E-state index in [1.54, 1.807) is 10.8 Å². The molecule has 2 aromatic rings. The molecule has 0 unspecified atom stereocenters. The topological polar surface area (TPSA) is 3.88 Å². The Labute approximate surface area is 167 Å². The Bertz CT molecular complexity index is 808. The maximum Gasteiger partial charge on any atom is 0.212 e. The van der Waals surface area contributed by atoms with Crippen molar-refractivity contribution < 1.29 is 4.57 Å². The van der Waals surface area contributed by atoms with Crippen LogP contribution in [-0.2, 0) is 13.5 Å². The number of rotatable bonds is 5. The van der Waals surface area contributed by atoms with Crippen LogP contribution in [0.15, 0.2) is 30.5 Å². The summed E-state index contributed by atoms with van der Waals surface area (Å²) in [7, 11) is 0.868. The maximum atomic E-state index is 2.54. The Balaban J connectivity index is 2.12. The molecule has 3 rings (SSSR count). The van der Waals surface area contributed by atoms with Crippen molar-refractivity contribution in [3.05, 3.63) is 47.2 Å². The van der Waals surface area contributed by atoms with Crippen molar-refractivity contribution >= 4 is 13.3 Å². The molecule has 0 saturated heterocycles. The standard InChI is InChI=1S/C25H38NSi/c1-18(2)21-13-12-19(3)23(15-21)24-16-22(14-20-10-8-9-11-20)25(17-26(24)4)27(5,6)7/h12-13,15-18,20H,8-11,14H2,1-7H3/q+1. The molecule has 1 saturated carbocycles. The number of aromatic nitrogens is 1. The van der Waals surface area contributed by atoms with Crippen molar-refractivity contribution in [3.8, 4) is 11.3 Å². The molecule has 1 aliphatic carbocycles. The average molecular weight is 381 g/mol. The van der Waals surface area contributed by atoms with Gasteiger partial charge in [-0.2, -0.15) is 0 Å². The summed E-state index contributed by atoms with van der Waals surface area (Å²) in [5, 5.41) is 1.65. The summed E-state index contributed by atoms with van der Waals surface area (Å²) in [6, 6.07) is 9.55. The maximum absolute atomic E-state index is 2.54. The Hall–Kier alpha value is -1.41. The van der Waals surface area contributed by atoms with Crippen LogP contribution in [0.25, 0.3) is 11.3 Å². The first-order valence-corrected chi connectivity index (χ1v) is 14.3. The molecule has 0 N–H and O–H groups in total. The van der Waals surface area contributed by atoms with Gasteiger partial charge in [0.1, 0.15) is 7.05 Å². The molecule has 1 fully saturated rings. The van der Waals surface area contributed by atoms with Crippen LogP contribution in [0.5, 0.6) is 0 Å². The molecule has 146 valence electrons. The highest BCUT2D eigenvalue weighted by molar-refractivity contribution is 6.88. The third kappa shape index (κ3) is 4.54. The Kier molecular flexibility index (Phi) is 5.95. The fraction of sp³-hybridized carbons (Fsp3) is 0.560. The van der Waals surface area contributed by atoms with Gasteiger partial charge < -0.3 is 0 Å². The lowest BCUT2D eigenvalue weighted by Crippen LogP contribution is -2.47. The van der Waals surface area contributed by atoms with E-state index in [-0.39, 0.29) is 0 Å². The Morgan fingerprint density at radius 1 is 1.07 bits per heavy atom. The number of hydrogen-bond acceptors (Lipinski definition) is 0. The number of benzene rings is 1. The van der Waals surface area contributed by atoms with Gasteiger partial charge in [-0.25, -0.2) is 4.57 Å². The van der Waals surface area contributed by atoms with Gasteiger partial charge in [0.25, 0.3) is 0 Å². The normalized spacial score (nSPS) is 15.7. The molecule has 0 amide bonds. The minimum atomic E-state index is -1.37. The van der Waals surface area contributed by atoms with Crippen molar-refractivity contribution in [3.63, 3.8) is 0 Å². The second kappa shape index (κ2) is 7.91. The first-order valence-electron chi connectivity index (χ1n) is 10.8. The first-order chi connectivity index (χ1) is 12.7. The predicted molar refractivity (Wildman–Crippen MR) is 121 cm³/mol. The molecule has 0 radical (unpaired) electrons. The van der Waals surface area contributed by atoms with Gasteiger partial charge in [0.05, 0.1) is 8.07 Å². The summed E-state index contributed by atoms with van der Waals surface area (Å²) in [6.45, 7) is 14.3. The molecule has 0 spiro atoms. The van der Waals surface area contributed by atoms with E-state index in [1.807, 2.05) is 0 Å². The highest BCUT2D eigenvalue weighted by atomic mass is 28.3. The van der Waals surface area contributed by atoms with E-state index in [9.17, 15) is 0 Å². The average Bonchev–Trinajstić information content (AvgIpc) is 3.08. The highest BCUT2D eigenvalue weighted by Crippen LogP contribution is 2.30. The number of nitrogens with zero attached hydrogens (tertiary/aromatic N) is 1. The van der Waals surface area contributed by atoms with E-state index in [1.165, 1.54) is 54.5 Å². The monoisotopic (exact) mass is 380 g/mol. The van der Waals surface area contributed by atoms with E-state index in [2.05, 4.69) is 82.5 Å². The largest absolute Gasteiger partial charge is 0.212 e. The summed E-state index contributed by atoms with van der Waals surface area (Å²) in [5.41, 5.74) is 7.22. The van der Waals surface area contributed by atoms with Crippen LogP contribution in [0.3, 0.4) is 0 Å². The van der Waals surface area contributed by atoms with E-state index in [0.717, 1.165) is 5.92 Å². The third-order valence-electron chi connectivity index (χ3n) is 6.36. The van der Waals surface area contributed by atoms with E-state index < -0.39 is 8.07 Å². The second-order valence-electron chi connectivity index (χ2n) is 10.0. The zero-order chi connectivity index (χ0) is 19.8. The van der Waals surface area contributed by atoms with E-state index in [0.29, 0.717) is 5.92 Å². The Morgan fingerprint density at radius 3 is 2.33 bits per heavy atom. The first kappa shape index (κ1) is 20.3. The molecular weight excluding hydrogens is 342 g/mol. The number of pyridine rings is 1. The van der Waals surface area contributed by atoms with Crippen LogP contribution >= 0.6 is 0 Å². The molecular formula is C25H38NSi+. The summed E-state index contributed by atoms with van der Waals surface area (Å²) in [4.78, 5) is 0. The fourth-order valence-electron chi connectivity index (χ4n) is 4.60. The molecule has 1 aromatic heterocycles. The lowest BCUT2D eigenvalue weighted by Gasteiger charge is -2.22. The van der Waals surface area contributed by atoms with Gasteiger partial charge in [0.15, 0.2) is 6.20 Å². The van der Waals surface area contributed by atoms with Crippen molar-refractivity contribution in [2.75, 3.05) is 0 Å². The highest BCUT2D eigenvalue weighted by Gasteiger charge is 2.28. The van der Waals surface area contributed by atoms with Crippen molar-refractivity contribution in [1.29, 1.82) is 0 Å². The molecule has 0 atom stereocenters. The summed E-state index contributed by atoms with van der Waals surface area (Å²) in [5.74, 6) is 1.46. The van der Waals surface area contributed by atoms with Crippen LogP contribution < -0.4 is 9.75 Å². The SMILES string of the molecule is Cc1ccc(C(C)C)cc1-c1cc(CC2CCCC2)c([Si](C)(C)C)c[n+]1C. The van der Waals surface area contributed by atoms with Gasteiger partial charge in [0.2, 0.25) is 5.69 Å². The van der Waals surface area contributed by atoms with Crippen LogP contribution in [0, 0.1) is 12.8 Å². The molecule has 1 aliphatic rings. The van der Waals surface area contributed by atoms with Crippen LogP contribution in [0.1, 0.15) is 62.1 Å². The summed E-state index contributed by atoms with van der Waals surface area (Å²) >= 11 is 0. The van der Waals surface area contributed by atoms with Crippen LogP contribution in [0.4, 0.5) is 0 Å². The lowest BCUT2D eigenvalue weighted by molar-refractivity contribution is -0.659. The number of aryl methyl sites for hydroxylation is 2. The van der Waals surface area contributed by atoms with Gasteiger partial charge in [-0.1, -0.05) is 71.3 Å². The zero-order valence-electron chi connectivity index (χ0n) is 18.5. The van der Waals surface area contributed by atoms with Crippen LogP contribution in [0.2, 0.25) is 19.6 Å². The summed E-state index contributed by atoms with van der Waals surface area (Å²) < 4.78 is 2.39. The number of hydrogen-bond donors (Lipinski definition) is 0. The van der Waals surface area contributed by atoms with E-state index >= 15 is 0 Å². The lowest BCUT2D eigenvalue weighted by atomic mass is 9.93. The van der Waals surface area contributed by atoms with E-state index in [4.69, 9.17) is 0 Å². The van der Waals surface area contributed by atoms with Crippen LogP contribution in [-0.4, -0.2) is 8.07 Å². The van der Waals surface area contributed by atoms with Crippen molar-refractivity contribution in [2.45, 2.75) is 78.4 Å². The quantitative estimate of drug-likeness (QED) is 0.450. The van der Waals surface area contributed by atoms with Gasteiger partial charge in [0, 0.05) is 16.8 Å². The second-order valence-corrected chi connectivity index (χ2v) is 15.1. The fourth-order valence-corrected chi connectivity index (χ4v) is 6.32.